The summed E-state index contributed by atoms with van der Waals surface area (Å²) in [6.07, 6.45) is 6.80. The number of hydrogen-bond donors (Lipinski definition) is 1. The number of halogens is 2. The Morgan fingerprint density at radius 3 is 2.29 bits per heavy atom. The van der Waals surface area contributed by atoms with Crippen molar-refractivity contribution in [1.29, 1.82) is 0 Å². The van der Waals surface area contributed by atoms with Crippen molar-refractivity contribution in [1.82, 2.24) is 9.80 Å². The number of nitrogens with zero attached hydrogens (tertiary/aromatic N) is 2. The van der Waals surface area contributed by atoms with Crippen LogP contribution in [0.5, 0.6) is 0 Å². The molecule has 2 fully saturated rings. The van der Waals surface area contributed by atoms with Gasteiger partial charge in [-0.1, -0.05) is 31.4 Å². The molecule has 0 atom stereocenters. The zero-order chi connectivity index (χ0) is 19.3. The fourth-order valence-corrected chi connectivity index (χ4v) is 4.36. The largest absolute Gasteiger partial charge is 0.341 e. The van der Waals surface area contributed by atoms with E-state index in [0.29, 0.717) is 45.6 Å². The molecule has 2 N–H and O–H groups in total. The molecule has 2 aliphatic rings. The second kappa shape index (κ2) is 10.2. The molecule has 1 saturated carbocycles. The molecule has 1 aliphatic heterocycles. The fraction of sp³-hybridized carbons (Fsp3) is 0.619. The molecular formula is C21H31ClFN3O2. The Balaban J connectivity index is 0.00000280. The molecule has 0 bridgehead atoms. The molecule has 1 aliphatic carbocycles. The quantitative estimate of drug-likeness (QED) is 0.827. The molecule has 0 aromatic heterocycles. The number of carbonyl (C=O) groups excluding carboxylic acids is 2. The van der Waals surface area contributed by atoms with Crippen molar-refractivity contribution in [3.05, 3.63) is 35.6 Å². The van der Waals surface area contributed by atoms with E-state index < -0.39 is 5.82 Å². The van der Waals surface area contributed by atoms with Crippen LogP contribution in [-0.2, 0) is 4.79 Å². The van der Waals surface area contributed by atoms with E-state index in [-0.39, 0.29) is 35.2 Å². The molecular weight excluding hydrogens is 381 g/mol. The highest BCUT2D eigenvalue weighted by Gasteiger charge is 2.35. The van der Waals surface area contributed by atoms with E-state index in [2.05, 4.69) is 0 Å². The van der Waals surface area contributed by atoms with Crippen LogP contribution in [0.1, 0.15) is 55.3 Å². The van der Waals surface area contributed by atoms with Gasteiger partial charge in [-0.05, 0) is 43.4 Å². The number of benzene rings is 1. The Bertz CT molecular complexity index is 679. The summed E-state index contributed by atoms with van der Waals surface area (Å²) in [5.74, 6) is -0.655. The monoisotopic (exact) mass is 411 g/mol. The van der Waals surface area contributed by atoms with Crippen molar-refractivity contribution in [2.24, 2.45) is 11.1 Å². The normalized spacial score (nSPS) is 19.5. The minimum absolute atomic E-state index is 0. The van der Waals surface area contributed by atoms with E-state index in [1.165, 1.54) is 18.6 Å². The van der Waals surface area contributed by atoms with E-state index in [0.717, 1.165) is 25.7 Å². The molecule has 0 unspecified atom stereocenters. The van der Waals surface area contributed by atoms with Gasteiger partial charge in [0.25, 0.3) is 5.91 Å². The van der Waals surface area contributed by atoms with Crippen molar-refractivity contribution < 1.29 is 14.0 Å². The molecule has 1 aromatic carbocycles. The van der Waals surface area contributed by atoms with E-state index in [4.69, 9.17) is 5.73 Å². The molecule has 3 rings (SSSR count). The van der Waals surface area contributed by atoms with Gasteiger partial charge in [-0.15, -0.1) is 12.4 Å². The first-order valence-corrected chi connectivity index (χ1v) is 10.1. The summed E-state index contributed by atoms with van der Waals surface area (Å²) in [4.78, 5) is 29.0. The van der Waals surface area contributed by atoms with Crippen LogP contribution in [-0.4, -0.2) is 54.3 Å². The SMILES string of the molecule is Cl.NCC1(CC(=O)N2CCCN(C(=O)c3ccccc3F)CC2)CCCCC1. The minimum atomic E-state index is -0.498. The molecule has 1 heterocycles. The average Bonchev–Trinajstić information content (AvgIpc) is 2.95. The number of nitrogens with two attached hydrogens (primary N) is 1. The number of carbonyl (C=O) groups is 2. The van der Waals surface area contributed by atoms with Gasteiger partial charge in [0, 0.05) is 32.6 Å². The van der Waals surface area contributed by atoms with E-state index in [9.17, 15) is 14.0 Å². The summed E-state index contributed by atoms with van der Waals surface area (Å²) in [6, 6.07) is 6.06. The highest BCUT2D eigenvalue weighted by molar-refractivity contribution is 5.94. The van der Waals surface area contributed by atoms with Gasteiger partial charge in [-0.2, -0.15) is 0 Å². The Hall–Kier alpha value is -1.66. The third-order valence-corrected chi connectivity index (χ3v) is 6.11. The Labute approximate surface area is 172 Å². The van der Waals surface area contributed by atoms with Crippen LogP contribution >= 0.6 is 12.4 Å². The van der Waals surface area contributed by atoms with E-state index in [1.54, 1.807) is 17.0 Å². The van der Waals surface area contributed by atoms with Gasteiger partial charge in [0.05, 0.1) is 5.56 Å². The van der Waals surface area contributed by atoms with Crippen molar-refractivity contribution in [3.8, 4) is 0 Å². The Kier molecular flexibility index (Phi) is 8.25. The molecule has 0 spiro atoms. The van der Waals surface area contributed by atoms with Crippen LogP contribution in [0.3, 0.4) is 0 Å². The lowest BCUT2D eigenvalue weighted by atomic mass is 9.71. The van der Waals surface area contributed by atoms with Crippen LogP contribution in [0.15, 0.2) is 24.3 Å². The van der Waals surface area contributed by atoms with Crippen LogP contribution < -0.4 is 5.73 Å². The van der Waals surface area contributed by atoms with Gasteiger partial charge in [0.2, 0.25) is 5.91 Å². The van der Waals surface area contributed by atoms with E-state index >= 15 is 0 Å². The second-order valence-corrected chi connectivity index (χ2v) is 7.95. The molecule has 1 aromatic rings. The molecule has 1 saturated heterocycles. The van der Waals surface area contributed by atoms with Gasteiger partial charge in [-0.25, -0.2) is 4.39 Å². The molecule has 156 valence electrons. The topological polar surface area (TPSA) is 66.6 Å². The maximum Gasteiger partial charge on any atom is 0.256 e. The van der Waals surface area contributed by atoms with Crippen molar-refractivity contribution in [2.45, 2.75) is 44.9 Å². The zero-order valence-electron chi connectivity index (χ0n) is 16.4. The van der Waals surface area contributed by atoms with Crippen molar-refractivity contribution in [3.63, 3.8) is 0 Å². The number of rotatable bonds is 4. The first kappa shape index (κ1) is 22.6. The maximum absolute atomic E-state index is 13.9. The second-order valence-electron chi connectivity index (χ2n) is 7.95. The third kappa shape index (κ3) is 5.23. The predicted molar refractivity (Wildman–Crippen MR) is 110 cm³/mol. The fourth-order valence-electron chi connectivity index (χ4n) is 4.36. The van der Waals surface area contributed by atoms with Crippen LogP contribution in [0, 0.1) is 11.2 Å². The number of hydrogen-bond acceptors (Lipinski definition) is 3. The molecule has 2 amide bonds. The van der Waals surface area contributed by atoms with Crippen LogP contribution in [0.2, 0.25) is 0 Å². The predicted octanol–water partition coefficient (Wildman–Crippen LogP) is 3.22. The minimum Gasteiger partial charge on any atom is -0.341 e. The van der Waals surface area contributed by atoms with Crippen LogP contribution in [0.25, 0.3) is 0 Å². The van der Waals surface area contributed by atoms with Gasteiger partial charge < -0.3 is 15.5 Å². The Morgan fingerprint density at radius 2 is 1.61 bits per heavy atom. The smallest absolute Gasteiger partial charge is 0.256 e. The lowest BCUT2D eigenvalue weighted by molar-refractivity contribution is -0.134. The summed E-state index contributed by atoms with van der Waals surface area (Å²) in [5, 5.41) is 0. The standard InChI is InChI=1S/C21H30FN3O2.ClH/c22-18-8-3-2-7-17(18)20(27)25-12-6-11-24(13-14-25)19(26)15-21(16-23)9-4-1-5-10-21;/h2-3,7-8H,1,4-6,9-16,23H2;1H. The first-order chi connectivity index (χ1) is 13.0. The first-order valence-electron chi connectivity index (χ1n) is 10.1. The summed E-state index contributed by atoms with van der Waals surface area (Å²) in [7, 11) is 0. The maximum atomic E-state index is 13.9. The van der Waals surface area contributed by atoms with E-state index in [1.807, 2.05) is 4.90 Å². The third-order valence-electron chi connectivity index (χ3n) is 6.11. The van der Waals surface area contributed by atoms with Gasteiger partial charge in [0.1, 0.15) is 5.82 Å². The molecule has 28 heavy (non-hydrogen) atoms. The summed E-state index contributed by atoms with van der Waals surface area (Å²) >= 11 is 0. The summed E-state index contributed by atoms with van der Waals surface area (Å²) in [6.45, 7) is 2.68. The highest BCUT2D eigenvalue weighted by atomic mass is 35.5. The highest BCUT2D eigenvalue weighted by Crippen LogP contribution is 2.38. The summed E-state index contributed by atoms with van der Waals surface area (Å²) < 4.78 is 13.9. The molecule has 5 nitrogen and oxygen atoms in total. The average molecular weight is 412 g/mol. The van der Waals surface area contributed by atoms with Gasteiger partial charge in [-0.3, -0.25) is 9.59 Å². The van der Waals surface area contributed by atoms with Crippen LogP contribution in [0.4, 0.5) is 4.39 Å². The molecule has 7 heteroatoms. The van der Waals surface area contributed by atoms with Crippen molar-refractivity contribution >= 4 is 24.2 Å². The van der Waals surface area contributed by atoms with Gasteiger partial charge in [0.15, 0.2) is 0 Å². The number of amides is 2. The van der Waals surface area contributed by atoms with Crippen molar-refractivity contribution in [2.75, 3.05) is 32.7 Å². The lowest BCUT2D eigenvalue weighted by Gasteiger charge is -2.37. The Morgan fingerprint density at radius 1 is 0.964 bits per heavy atom. The summed E-state index contributed by atoms with van der Waals surface area (Å²) in [5.41, 5.74) is 6.08. The molecule has 0 radical (unpaired) electrons. The zero-order valence-corrected chi connectivity index (χ0v) is 17.2. The van der Waals surface area contributed by atoms with Gasteiger partial charge >= 0.3 is 0 Å². The lowest BCUT2D eigenvalue weighted by Crippen LogP contribution is -2.42.